The summed E-state index contributed by atoms with van der Waals surface area (Å²) in [4.78, 5) is -0.116. The molecule has 1 atom stereocenters. The number of nitrogen functional groups attached to an aromatic ring is 1. The van der Waals surface area contributed by atoms with Gasteiger partial charge in [-0.05, 0) is 18.2 Å². The predicted molar refractivity (Wildman–Crippen MR) is 65.7 cm³/mol. The van der Waals surface area contributed by atoms with Crippen LogP contribution in [0.15, 0.2) is 23.1 Å². The number of anilines is 1. The molecule has 0 aromatic heterocycles. The molecule has 1 aromatic rings. The number of rotatable bonds is 6. The lowest BCUT2D eigenvalue weighted by Gasteiger charge is -2.13. The van der Waals surface area contributed by atoms with E-state index in [0.717, 1.165) is 0 Å². The molecular weight excluding hydrogens is 260 g/mol. The molecule has 0 amide bonds. The Morgan fingerprint density at radius 3 is 2.72 bits per heavy atom. The van der Waals surface area contributed by atoms with E-state index >= 15 is 0 Å². The number of methoxy groups -OCH3 is 1. The van der Waals surface area contributed by atoms with Gasteiger partial charge in [0.15, 0.2) is 0 Å². The van der Waals surface area contributed by atoms with Crippen LogP contribution in [0.4, 0.5) is 5.69 Å². The first-order valence-corrected chi connectivity index (χ1v) is 6.61. The van der Waals surface area contributed by atoms with E-state index in [4.69, 9.17) is 20.7 Å². The lowest BCUT2D eigenvalue weighted by atomic mass is 10.3. The third-order valence-electron chi connectivity index (χ3n) is 2.20. The Balaban J connectivity index is 3.00. The van der Waals surface area contributed by atoms with Crippen LogP contribution in [0, 0.1) is 0 Å². The maximum atomic E-state index is 11.9. The zero-order chi connectivity index (χ0) is 13.8. The van der Waals surface area contributed by atoms with Crippen molar-refractivity contribution in [2.75, 3.05) is 26.0 Å². The second kappa shape index (κ2) is 6.01. The molecule has 5 N–H and O–H groups in total. The molecule has 0 bridgehead atoms. The van der Waals surface area contributed by atoms with Crippen molar-refractivity contribution >= 4 is 15.7 Å². The number of nitrogens with two attached hydrogens (primary N) is 1. The molecule has 0 aliphatic carbocycles. The minimum absolute atomic E-state index is 0.116. The minimum Gasteiger partial charge on any atom is -0.495 e. The number of aliphatic hydroxyl groups excluding tert-OH is 2. The summed E-state index contributed by atoms with van der Waals surface area (Å²) < 4.78 is 31.0. The first kappa shape index (κ1) is 14.7. The van der Waals surface area contributed by atoms with Crippen LogP contribution in [0.2, 0.25) is 0 Å². The fourth-order valence-electron chi connectivity index (χ4n) is 1.25. The molecule has 1 rings (SSSR count). The molecule has 1 aromatic carbocycles. The summed E-state index contributed by atoms with van der Waals surface area (Å²) in [6.45, 7) is -0.826. The van der Waals surface area contributed by atoms with Crippen LogP contribution >= 0.6 is 0 Å². The minimum atomic E-state index is -3.86. The summed E-state index contributed by atoms with van der Waals surface area (Å²) in [7, 11) is -2.52. The predicted octanol–water partition coefficient (Wildman–Crippen LogP) is -1.09. The maximum absolute atomic E-state index is 11.9. The Bertz CT molecular complexity index is 503. The summed E-state index contributed by atoms with van der Waals surface area (Å²) in [6, 6.07) is 4.21. The first-order valence-electron chi connectivity index (χ1n) is 5.13. The Morgan fingerprint density at radius 2 is 2.17 bits per heavy atom. The van der Waals surface area contributed by atoms with Gasteiger partial charge in [-0.1, -0.05) is 0 Å². The highest BCUT2D eigenvalue weighted by Crippen LogP contribution is 2.25. The van der Waals surface area contributed by atoms with Crippen molar-refractivity contribution in [3.8, 4) is 5.75 Å². The van der Waals surface area contributed by atoms with Gasteiger partial charge in [0, 0.05) is 12.2 Å². The second-order valence-corrected chi connectivity index (χ2v) is 5.33. The van der Waals surface area contributed by atoms with Gasteiger partial charge in [0.1, 0.15) is 10.6 Å². The highest BCUT2D eigenvalue weighted by Gasteiger charge is 2.20. The quantitative estimate of drug-likeness (QED) is 0.490. The smallest absolute Gasteiger partial charge is 0.244 e. The number of ether oxygens (including phenoxy) is 1. The largest absolute Gasteiger partial charge is 0.495 e. The van der Waals surface area contributed by atoms with Crippen LogP contribution in [-0.2, 0) is 10.0 Å². The molecular formula is C10H16N2O5S. The highest BCUT2D eigenvalue weighted by atomic mass is 32.2. The molecule has 0 aliphatic heterocycles. The average Bonchev–Trinajstić information content (AvgIpc) is 2.36. The molecule has 0 saturated heterocycles. The van der Waals surface area contributed by atoms with E-state index < -0.39 is 22.7 Å². The van der Waals surface area contributed by atoms with E-state index in [1.807, 2.05) is 0 Å². The molecule has 7 nitrogen and oxygen atoms in total. The molecule has 0 heterocycles. The van der Waals surface area contributed by atoms with Crippen LogP contribution in [0.3, 0.4) is 0 Å². The number of aliphatic hydroxyl groups is 2. The summed E-state index contributed by atoms with van der Waals surface area (Å²) in [6.07, 6.45) is -1.16. The third-order valence-corrected chi connectivity index (χ3v) is 3.64. The summed E-state index contributed by atoms with van der Waals surface area (Å²) in [5.74, 6) is 0.148. The number of hydrogen-bond donors (Lipinski definition) is 4. The lowest BCUT2D eigenvalue weighted by molar-refractivity contribution is 0.0988. The van der Waals surface area contributed by atoms with Gasteiger partial charge < -0.3 is 20.7 Å². The lowest BCUT2D eigenvalue weighted by Crippen LogP contribution is -2.34. The van der Waals surface area contributed by atoms with Crippen molar-refractivity contribution in [2.45, 2.75) is 11.0 Å². The van der Waals surface area contributed by atoms with E-state index in [0.29, 0.717) is 0 Å². The zero-order valence-electron chi connectivity index (χ0n) is 9.83. The standard InChI is InChI=1S/C10H16N2O5S/c1-17-9-3-2-7(11)4-10(9)18(15,16)12-5-8(14)6-13/h2-4,8,12-14H,5-6,11H2,1H3. The number of hydrogen-bond acceptors (Lipinski definition) is 6. The van der Waals surface area contributed by atoms with E-state index in [-0.39, 0.29) is 22.9 Å². The van der Waals surface area contributed by atoms with Crippen molar-refractivity contribution in [1.82, 2.24) is 4.72 Å². The van der Waals surface area contributed by atoms with Gasteiger partial charge in [0.2, 0.25) is 10.0 Å². The highest BCUT2D eigenvalue weighted by molar-refractivity contribution is 7.89. The molecule has 18 heavy (non-hydrogen) atoms. The van der Waals surface area contributed by atoms with Gasteiger partial charge in [0.05, 0.1) is 19.8 Å². The maximum Gasteiger partial charge on any atom is 0.244 e. The van der Waals surface area contributed by atoms with E-state index in [1.165, 1.54) is 25.3 Å². The van der Waals surface area contributed by atoms with Gasteiger partial charge >= 0.3 is 0 Å². The van der Waals surface area contributed by atoms with Crippen LogP contribution in [0.1, 0.15) is 0 Å². The van der Waals surface area contributed by atoms with Crippen LogP contribution in [0.25, 0.3) is 0 Å². The molecule has 0 saturated carbocycles. The van der Waals surface area contributed by atoms with Crippen molar-refractivity contribution in [3.63, 3.8) is 0 Å². The fourth-order valence-corrected chi connectivity index (χ4v) is 2.53. The van der Waals surface area contributed by atoms with Crippen molar-refractivity contribution < 1.29 is 23.4 Å². The first-order chi connectivity index (χ1) is 8.40. The van der Waals surface area contributed by atoms with Gasteiger partial charge in [-0.2, -0.15) is 0 Å². The topological polar surface area (TPSA) is 122 Å². The molecule has 1 unspecified atom stereocenters. The molecule has 0 aliphatic rings. The monoisotopic (exact) mass is 276 g/mol. The Labute approximate surface area is 105 Å². The summed E-state index contributed by atoms with van der Waals surface area (Å²) in [5, 5.41) is 17.7. The molecule has 0 spiro atoms. The van der Waals surface area contributed by atoms with Gasteiger partial charge in [-0.15, -0.1) is 0 Å². The van der Waals surface area contributed by atoms with E-state index in [9.17, 15) is 8.42 Å². The number of sulfonamides is 1. The number of benzene rings is 1. The molecule has 102 valence electrons. The van der Waals surface area contributed by atoms with Crippen LogP contribution in [0.5, 0.6) is 5.75 Å². The molecule has 8 heteroatoms. The Kier molecular flexibility index (Phi) is 4.91. The van der Waals surface area contributed by atoms with Crippen molar-refractivity contribution in [2.24, 2.45) is 0 Å². The Morgan fingerprint density at radius 1 is 1.50 bits per heavy atom. The van der Waals surface area contributed by atoms with E-state index in [1.54, 1.807) is 0 Å². The van der Waals surface area contributed by atoms with Gasteiger partial charge in [0.25, 0.3) is 0 Å². The summed E-state index contributed by atoms with van der Waals surface area (Å²) in [5.41, 5.74) is 5.80. The molecule has 0 radical (unpaired) electrons. The second-order valence-electron chi connectivity index (χ2n) is 3.60. The fraction of sp³-hybridized carbons (Fsp3) is 0.400. The van der Waals surface area contributed by atoms with Crippen LogP contribution < -0.4 is 15.2 Å². The Hall–Kier alpha value is -1.35. The SMILES string of the molecule is COc1ccc(N)cc1S(=O)(=O)NCC(O)CO. The third kappa shape index (κ3) is 3.57. The van der Waals surface area contributed by atoms with Crippen LogP contribution in [-0.4, -0.2) is 45.0 Å². The number of nitrogens with one attached hydrogen (secondary N) is 1. The van der Waals surface area contributed by atoms with E-state index in [2.05, 4.69) is 4.72 Å². The average molecular weight is 276 g/mol. The van der Waals surface area contributed by atoms with Gasteiger partial charge in [-0.25, -0.2) is 13.1 Å². The van der Waals surface area contributed by atoms with Crippen molar-refractivity contribution in [1.29, 1.82) is 0 Å². The normalized spacial score (nSPS) is 13.3. The zero-order valence-corrected chi connectivity index (χ0v) is 10.6. The van der Waals surface area contributed by atoms with Gasteiger partial charge in [-0.3, -0.25) is 0 Å². The summed E-state index contributed by atoms with van der Waals surface area (Å²) >= 11 is 0. The molecule has 0 fully saturated rings. The van der Waals surface area contributed by atoms with Crippen molar-refractivity contribution in [3.05, 3.63) is 18.2 Å².